The lowest BCUT2D eigenvalue weighted by Gasteiger charge is -2.20. The van der Waals surface area contributed by atoms with Crippen molar-refractivity contribution in [2.45, 2.75) is 18.9 Å². The molecule has 2 rings (SSSR count). The Morgan fingerprint density at radius 3 is 2.88 bits per heavy atom. The fourth-order valence-electron chi connectivity index (χ4n) is 1.61. The molecule has 0 aliphatic carbocycles. The first-order valence-electron chi connectivity index (χ1n) is 5.14. The van der Waals surface area contributed by atoms with Crippen molar-refractivity contribution in [1.82, 2.24) is 0 Å². The van der Waals surface area contributed by atoms with Crippen molar-refractivity contribution in [3.63, 3.8) is 0 Å². The standard InChI is InChI=1S/C12H12ClFO2/c13-9-7-8(4-5-10(9)14)12(15)11-3-1-2-6-16-11/h3-5,7,12,15H,1-2,6H2. The van der Waals surface area contributed by atoms with Crippen molar-refractivity contribution in [2.24, 2.45) is 0 Å². The second-order valence-corrected chi connectivity index (χ2v) is 4.08. The van der Waals surface area contributed by atoms with Crippen molar-refractivity contribution in [3.8, 4) is 0 Å². The van der Waals surface area contributed by atoms with Crippen LogP contribution in [0.1, 0.15) is 24.5 Å². The second kappa shape index (κ2) is 4.85. The summed E-state index contributed by atoms with van der Waals surface area (Å²) in [4.78, 5) is 0. The van der Waals surface area contributed by atoms with Gasteiger partial charge in [-0.05, 0) is 36.6 Å². The summed E-state index contributed by atoms with van der Waals surface area (Å²) < 4.78 is 18.3. The summed E-state index contributed by atoms with van der Waals surface area (Å²) in [5.74, 6) is 0.0325. The van der Waals surface area contributed by atoms with E-state index >= 15 is 0 Å². The molecule has 0 fully saturated rings. The van der Waals surface area contributed by atoms with E-state index in [9.17, 15) is 9.50 Å². The molecule has 0 spiro atoms. The quantitative estimate of drug-likeness (QED) is 0.863. The smallest absolute Gasteiger partial charge is 0.141 e. The van der Waals surface area contributed by atoms with Gasteiger partial charge in [-0.15, -0.1) is 0 Å². The van der Waals surface area contributed by atoms with Gasteiger partial charge in [0.2, 0.25) is 0 Å². The van der Waals surface area contributed by atoms with E-state index in [1.165, 1.54) is 18.2 Å². The van der Waals surface area contributed by atoms with Gasteiger partial charge in [0.1, 0.15) is 17.7 Å². The van der Waals surface area contributed by atoms with Crippen molar-refractivity contribution >= 4 is 11.6 Å². The molecule has 0 saturated carbocycles. The first kappa shape index (κ1) is 11.4. The molecule has 0 radical (unpaired) electrons. The van der Waals surface area contributed by atoms with E-state index in [1.54, 1.807) is 0 Å². The Hall–Kier alpha value is -1.06. The van der Waals surface area contributed by atoms with Gasteiger partial charge in [0.15, 0.2) is 0 Å². The number of ether oxygens (including phenoxy) is 1. The molecule has 2 nitrogen and oxygen atoms in total. The van der Waals surface area contributed by atoms with Gasteiger partial charge < -0.3 is 9.84 Å². The third-order valence-electron chi connectivity index (χ3n) is 2.49. The van der Waals surface area contributed by atoms with Crippen molar-refractivity contribution < 1.29 is 14.2 Å². The molecule has 0 aromatic heterocycles. The average molecular weight is 243 g/mol. The van der Waals surface area contributed by atoms with Gasteiger partial charge in [-0.25, -0.2) is 4.39 Å². The second-order valence-electron chi connectivity index (χ2n) is 3.67. The fourth-order valence-corrected chi connectivity index (χ4v) is 1.80. The number of rotatable bonds is 2. The van der Waals surface area contributed by atoms with Gasteiger partial charge in [0.25, 0.3) is 0 Å². The molecular formula is C12H12ClFO2. The summed E-state index contributed by atoms with van der Waals surface area (Å²) in [6, 6.07) is 4.16. The van der Waals surface area contributed by atoms with Crippen LogP contribution in [0.5, 0.6) is 0 Å². The van der Waals surface area contributed by atoms with E-state index in [1.807, 2.05) is 6.08 Å². The predicted octanol–water partition coefficient (Wildman–Crippen LogP) is 3.21. The topological polar surface area (TPSA) is 29.5 Å². The van der Waals surface area contributed by atoms with Crippen LogP contribution in [0.4, 0.5) is 4.39 Å². The molecule has 1 atom stereocenters. The molecular weight excluding hydrogens is 231 g/mol. The summed E-state index contributed by atoms with van der Waals surface area (Å²) in [6.45, 7) is 0.609. The van der Waals surface area contributed by atoms with Gasteiger partial charge in [-0.3, -0.25) is 0 Å². The predicted molar refractivity (Wildman–Crippen MR) is 59.6 cm³/mol. The van der Waals surface area contributed by atoms with E-state index in [-0.39, 0.29) is 5.02 Å². The van der Waals surface area contributed by atoms with Crippen LogP contribution in [-0.2, 0) is 4.74 Å². The zero-order valence-electron chi connectivity index (χ0n) is 8.62. The van der Waals surface area contributed by atoms with E-state index in [2.05, 4.69) is 0 Å². The van der Waals surface area contributed by atoms with E-state index < -0.39 is 11.9 Å². The number of hydrogen-bond acceptors (Lipinski definition) is 2. The number of benzene rings is 1. The number of aliphatic hydroxyl groups excluding tert-OH is 1. The minimum atomic E-state index is -0.863. The van der Waals surface area contributed by atoms with Gasteiger partial charge in [-0.1, -0.05) is 17.7 Å². The van der Waals surface area contributed by atoms with E-state index in [4.69, 9.17) is 16.3 Å². The van der Waals surface area contributed by atoms with Gasteiger partial charge in [0.05, 0.1) is 11.6 Å². The minimum Gasteiger partial charge on any atom is -0.495 e. The third kappa shape index (κ3) is 2.36. The number of aliphatic hydroxyl groups is 1. The number of halogens is 2. The lowest BCUT2D eigenvalue weighted by molar-refractivity contribution is 0.0917. The summed E-state index contributed by atoms with van der Waals surface area (Å²) in [7, 11) is 0. The van der Waals surface area contributed by atoms with Crippen molar-refractivity contribution in [1.29, 1.82) is 0 Å². The van der Waals surface area contributed by atoms with Crippen LogP contribution >= 0.6 is 11.6 Å². The lowest BCUT2D eigenvalue weighted by Crippen LogP contribution is -2.09. The van der Waals surface area contributed by atoms with Gasteiger partial charge >= 0.3 is 0 Å². The maximum Gasteiger partial charge on any atom is 0.141 e. The molecule has 16 heavy (non-hydrogen) atoms. The van der Waals surface area contributed by atoms with Gasteiger partial charge in [-0.2, -0.15) is 0 Å². The molecule has 1 aromatic rings. The van der Waals surface area contributed by atoms with E-state index in [0.717, 1.165) is 12.8 Å². The summed E-state index contributed by atoms with van der Waals surface area (Å²) in [5, 5.41) is 9.99. The molecule has 1 aliphatic heterocycles. The van der Waals surface area contributed by atoms with Crippen molar-refractivity contribution in [2.75, 3.05) is 6.61 Å². The van der Waals surface area contributed by atoms with Crippen LogP contribution < -0.4 is 0 Å². The Labute approximate surface area is 98.3 Å². The zero-order chi connectivity index (χ0) is 11.5. The van der Waals surface area contributed by atoms with Crippen LogP contribution in [0.25, 0.3) is 0 Å². The molecule has 0 bridgehead atoms. The first-order chi connectivity index (χ1) is 7.68. The minimum absolute atomic E-state index is 0.00737. The van der Waals surface area contributed by atoms with E-state index in [0.29, 0.717) is 17.9 Å². The average Bonchev–Trinajstić information content (AvgIpc) is 2.33. The fraction of sp³-hybridized carbons (Fsp3) is 0.333. The summed E-state index contributed by atoms with van der Waals surface area (Å²) in [5.41, 5.74) is 0.541. The molecule has 0 amide bonds. The Morgan fingerprint density at radius 2 is 2.25 bits per heavy atom. The van der Waals surface area contributed by atoms with Crippen LogP contribution in [0.2, 0.25) is 5.02 Å². The van der Waals surface area contributed by atoms with Crippen LogP contribution in [0.15, 0.2) is 30.0 Å². The zero-order valence-corrected chi connectivity index (χ0v) is 9.38. The Balaban J connectivity index is 2.22. The number of allylic oxidation sites excluding steroid dienone is 1. The monoisotopic (exact) mass is 242 g/mol. The van der Waals surface area contributed by atoms with Crippen LogP contribution in [0, 0.1) is 5.82 Å². The molecule has 0 saturated heterocycles. The molecule has 4 heteroatoms. The highest BCUT2D eigenvalue weighted by atomic mass is 35.5. The highest BCUT2D eigenvalue weighted by Gasteiger charge is 2.17. The highest BCUT2D eigenvalue weighted by molar-refractivity contribution is 6.30. The van der Waals surface area contributed by atoms with Crippen LogP contribution in [-0.4, -0.2) is 11.7 Å². The summed E-state index contributed by atoms with van der Waals surface area (Å²) in [6.07, 6.45) is 2.84. The van der Waals surface area contributed by atoms with Crippen LogP contribution in [0.3, 0.4) is 0 Å². The molecule has 1 N–H and O–H groups in total. The van der Waals surface area contributed by atoms with Gasteiger partial charge in [0, 0.05) is 0 Å². The van der Waals surface area contributed by atoms with Crippen molar-refractivity contribution in [3.05, 3.63) is 46.4 Å². The normalized spacial score (nSPS) is 17.6. The maximum atomic E-state index is 12.9. The molecule has 1 aromatic carbocycles. The molecule has 86 valence electrons. The number of hydrogen-bond donors (Lipinski definition) is 1. The largest absolute Gasteiger partial charge is 0.495 e. The first-order valence-corrected chi connectivity index (χ1v) is 5.52. The molecule has 1 aliphatic rings. The molecule has 1 unspecified atom stereocenters. The maximum absolute atomic E-state index is 12.9. The highest BCUT2D eigenvalue weighted by Crippen LogP contribution is 2.28. The summed E-state index contributed by atoms with van der Waals surface area (Å²) >= 11 is 5.65. The lowest BCUT2D eigenvalue weighted by atomic mass is 10.1. The Morgan fingerprint density at radius 1 is 1.44 bits per heavy atom. The Bertz CT molecular complexity index is 417. The SMILES string of the molecule is OC(C1=CCCCO1)c1ccc(F)c(Cl)c1. The third-order valence-corrected chi connectivity index (χ3v) is 2.78. The molecule has 1 heterocycles. The Kier molecular flexibility index (Phi) is 3.46.